The maximum Gasteiger partial charge on any atom is 0.253 e. The molecule has 0 amide bonds. The third kappa shape index (κ3) is 3.58. The average Bonchev–Trinajstić information content (AvgIpc) is 2.07. The van der Waals surface area contributed by atoms with Crippen molar-refractivity contribution in [3.8, 4) is 0 Å². The SMILES string of the molecule is CCCC(O)(OCC)N(NC)NC. The zero-order valence-corrected chi connectivity index (χ0v) is 8.92. The fourth-order valence-corrected chi connectivity index (χ4v) is 1.27. The topological polar surface area (TPSA) is 56.8 Å². The minimum atomic E-state index is -1.27. The van der Waals surface area contributed by atoms with Crippen molar-refractivity contribution in [2.45, 2.75) is 32.6 Å². The molecule has 0 heterocycles. The van der Waals surface area contributed by atoms with Gasteiger partial charge in [0.2, 0.25) is 0 Å². The van der Waals surface area contributed by atoms with Crippen molar-refractivity contribution in [3.63, 3.8) is 0 Å². The second-order valence-electron chi connectivity index (χ2n) is 2.71. The van der Waals surface area contributed by atoms with E-state index in [1.165, 1.54) is 5.12 Å². The smallest absolute Gasteiger partial charge is 0.253 e. The zero-order chi connectivity index (χ0) is 10.3. The molecule has 0 radical (unpaired) electrons. The van der Waals surface area contributed by atoms with E-state index < -0.39 is 5.91 Å². The highest BCUT2D eigenvalue weighted by Gasteiger charge is 2.33. The second kappa shape index (κ2) is 6.28. The lowest BCUT2D eigenvalue weighted by Crippen LogP contribution is -2.61. The molecule has 13 heavy (non-hydrogen) atoms. The molecule has 0 fully saturated rings. The Morgan fingerprint density at radius 1 is 1.31 bits per heavy atom. The highest BCUT2D eigenvalue weighted by molar-refractivity contribution is 4.61. The number of rotatable bonds is 7. The summed E-state index contributed by atoms with van der Waals surface area (Å²) >= 11 is 0. The molecule has 0 aromatic heterocycles. The number of hydrogen-bond acceptors (Lipinski definition) is 5. The van der Waals surface area contributed by atoms with Crippen LogP contribution in [0.1, 0.15) is 26.7 Å². The third-order valence-corrected chi connectivity index (χ3v) is 1.75. The summed E-state index contributed by atoms with van der Waals surface area (Å²) in [7, 11) is 3.44. The van der Waals surface area contributed by atoms with E-state index in [2.05, 4.69) is 10.9 Å². The van der Waals surface area contributed by atoms with Gasteiger partial charge in [-0.2, -0.15) is 0 Å². The van der Waals surface area contributed by atoms with Crippen molar-refractivity contribution in [3.05, 3.63) is 0 Å². The minimum absolute atomic E-state index is 0.469. The quantitative estimate of drug-likeness (QED) is 0.392. The maximum atomic E-state index is 10.0. The van der Waals surface area contributed by atoms with Gasteiger partial charge in [0.05, 0.1) is 0 Å². The lowest BCUT2D eigenvalue weighted by molar-refractivity contribution is -0.321. The lowest BCUT2D eigenvalue weighted by atomic mass is 10.2. The van der Waals surface area contributed by atoms with Crippen LogP contribution < -0.4 is 10.9 Å². The summed E-state index contributed by atoms with van der Waals surface area (Å²) in [6, 6.07) is 0. The molecule has 3 N–H and O–H groups in total. The maximum absolute atomic E-state index is 10.0. The molecule has 0 aromatic rings. The molecule has 0 bridgehead atoms. The van der Waals surface area contributed by atoms with Gasteiger partial charge in [-0.1, -0.05) is 6.92 Å². The van der Waals surface area contributed by atoms with Crippen LogP contribution in [0.2, 0.25) is 0 Å². The number of aliphatic hydroxyl groups is 1. The predicted octanol–water partition coefficient (Wildman–Crippen LogP) is 0.0399. The van der Waals surface area contributed by atoms with Gasteiger partial charge in [0.25, 0.3) is 5.91 Å². The van der Waals surface area contributed by atoms with Gasteiger partial charge < -0.3 is 9.84 Å². The molecular formula is C8H21N3O2. The van der Waals surface area contributed by atoms with Crippen molar-refractivity contribution >= 4 is 0 Å². The lowest BCUT2D eigenvalue weighted by Gasteiger charge is -2.37. The van der Waals surface area contributed by atoms with Crippen molar-refractivity contribution in [2.24, 2.45) is 0 Å². The van der Waals surface area contributed by atoms with Crippen LogP contribution in [-0.2, 0) is 4.74 Å². The van der Waals surface area contributed by atoms with E-state index >= 15 is 0 Å². The molecule has 5 nitrogen and oxygen atoms in total. The van der Waals surface area contributed by atoms with Gasteiger partial charge in [-0.05, 0) is 13.3 Å². The molecule has 1 unspecified atom stereocenters. The Hall–Kier alpha value is -0.200. The van der Waals surface area contributed by atoms with Crippen molar-refractivity contribution in [2.75, 3.05) is 20.7 Å². The Labute approximate surface area is 80.0 Å². The van der Waals surface area contributed by atoms with E-state index in [0.29, 0.717) is 13.0 Å². The van der Waals surface area contributed by atoms with Crippen LogP contribution in [-0.4, -0.2) is 36.8 Å². The fraction of sp³-hybridized carbons (Fsp3) is 1.00. The summed E-state index contributed by atoms with van der Waals surface area (Å²) in [4.78, 5) is 0. The molecule has 0 aliphatic carbocycles. The summed E-state index contributed by atoms with van der Waals surface area (Å²) in [6.45, 7) is 4.31. The van der Waals surface area contributed by atoms with E-state index in [1.807, 2.05) is 13.8 Å². The Kier molecular flexibility index (Phi) is 6.19. The van der Waals surface area contributed by atoms with Crippen LogP contribution in [0, 0.1) is 0 Å². The van der Waals surface area contributed by atoms with Gasteiger partial charge in [-0.15, -0.1) is 5.12 Å². The van der Waals surface area contributed by atoms with E-state index in [9.17, 15) is 5.11 Å². The summed E-state index contributed by atoms with van der Waals surface area (Å²) in [5.41, 5.74) is 5.62. The van der Waals surface area contributed by atoms with E-state index in [1.54, 1.807) is 14.1 Å². The molecule has 5 heteroatoms. The largest absolute Gasteiger partial charge is 0.351 e. The molecule has 0 aromatic carbocycles. The number of hydrogen-bond donors (Lipinski definition) is 3. The first-order valence-electron chi connectivity index (χ1n) is 4.65. The summed E-state index contributed by atoms with van der Waals surface area (Å²) < 4.78 is 5.27. The molecular weight excluding hydrogens is 170 g/mol. The molecule has 1 atom stereocenters. The predicted molar refractivity (Wildman–Crippen MR) is 51.4 cm³/mol. The number of nitrogens with one attached hydrogen (secondary N) is 2. The monoisotopic (exact) mass is 191 g/mol. The molecule has 0 aliphatic heterocycles. The van der Waals surface area contributed by atoms with Crippen LogP contribution in [0.4, 0.5) is 0 Å². The third-order valence-electron chi connectivity index (χ3n) is 1.75. The summed E-state index contributed by atoms with van der Waals surface area (Å²) in [5, 5.41) is 11.5. The van der Waals surface area contributed by atoms with Crippen molar-refractivity contribution < 1.29 is 9.84 Å². The zero-order valence-electron chi connectivity index (χ0n) is 8.92. The number of ether oxygens (including phenoxy) is 1. The number of hydrazine groups is 2. The molecule has 0 spiro atoms. The van der Waals surface area contributed by atoms with Gasteiger partial charge in [0.15, 0.2) is 0 Å². The average molecular weight is 191 g/mol. The van der Waals surface area contributed by atoms with Gasteiger partial charge >= 0.3 is 0 Å². The van der Waals surface area contributed by atoms with Crippen LogP contribution in [0.3, 0.4) is 0 Å². The molecule has 80 valence electrons. The van der Waals surface area contributed by atoms with Gasteiger partial charge in [0, 0.05) is 27.1 Å². The van der Waals surface area contributed by atoms with E-state index in [4.69, 9.17) is 4.74 Å². The van der Waals surface area contributed by atoms with Crippen molar-refractivity contribution in [1.82, 2.24) is 16.0 Å². The van der Waals surface area contributed by atoms with Crippen LogP contribution in [0.5, 0.6) is 0 Å². The van der Waals surface area contributed by atoms with Gasteiger partial charge in [-0.3, -0.25) is 0 Å². The van der Waals surface area contributed by atoms with E-state index in [0.717, 1.165) is 6.42 Å². The van der Waals surface area contributed by atoms with Crippen LogP contribution >= 0.6 is 0 Å². The molecule has 0 rings (SSSR count). The Bertz CT molecular complexity index is 123. The van der Waals surface area contributed by atoms with Crippen LogP contribution in [0.15, 0.2) is 0 Å². The fourth-order valence-electron chi connectivity index (χ4n) is 1.27. The van der Waals surface area contributed by atoms with E-state index in [-0.39, 0.29) is 0 Å². The highest BCUT2D eigenvalue weighted by atomic mass is 16.7. The first-order valence-corrected chi connectivity index (χ1v) is 4.65. The summed E-state index contributed by atoms with van der Waals surface area (Å²) in [6.07, 6.45) is 1.39. The minimum Gasteiger partial charge on any atom is -0.351 e. The first-order chi connectivity index (χ1) is 6.14. The highest BCUT2D eigenvalue weighted by Crippen LogP contribution is 2.16. The first kappa shape index (κ1) is 12.8. The second-order valence-corrected chi connectivity index (χ2v) is 2.71. The Balaban J connectivity index is 4.33. The molecule has 0 saturated heterocycles. The van der Waals surface area contributed by atoms with Crippen LogP contribution in [0.25, 0.3) is 0 Å². The molecule has 0 aliphatic rings. The van der Waals surface area contributed by atoms with Crippen molar-refractivity contribution in [1.29, 1.82) is 0 Å². The van der Waals surface area contributed by atoms with Gasteiger partial charge in [-0.25, -0.2) is 10.9 Å². The molecule has 0 saturated carbocycles. The Morgan fingerprint density at radius 3 is 2.15 bits per heavy atom. The van der Waals surface area contributed by atoms with Gasteiger partial charge in [0.1, 0.15) is 0 Å². The number of nitrogens with zero attached hydrogens (tertiary/aromatic N) is 1. The standard InChI is InChI=1S/C8H21N3O2/c1-5-7-8(12,13-6-2)11(9-3)10-4/h9-10,12H,5-7H2,1-4H3. The normalized spacial score (nSPS) is 16.2. The summed E-state index contributed by atoms with van der Waals surface area (Å²) in [5.74, 6) is -1.27. The Morgan fingerprint density at radius 2 is 1.85 bits per heavy atom.